The van der Waals surface area contributed by atoms with Crippen LogP contribution in [0.15, 0.2) is 36.7 Å². The molecule has 10 heteroatoms. The molecule has 2 aromatic carbocycles. The van der Waals surface area contributed by atoms with Crippen molar-refractivity contribution in [2.24, 2.45) is 0 Å². The van der Waals surface area contributed by atoms with E-state index in [1.807, 2.05) is 19.9 Å². The van der Waals surface area contributed by atoms with Gasteiger partial charge >= 0.3 is 0 Å². The molecule has 4 aromatic rings. The molecular weight excluding hydrogens is 426 g/mol. The van der Waals surface area contributed by atoms with Crippen LogP contribution in [0.3, 0.4) is 0 Å². The van der Waals surface area contributed by atoms with Crippen LogP contribution in [0.5, 0.6) is 11.5 Å². The van der Waals surface area contributed by atoms with Gasteiger partial charge in [-0.3, -0.25) is 4.79 Å². The molecule has 1 N–H and O–H groups in total. The topological polar surface area (TPSA) is 90.6 Å². The molecule has 4 rings (SSSR count). The lowest BCUT2D eigenvalue weighted by atomic mass is 10.1. The van der Waals surface area contributed by atoms with Crippen molar-refractivity contribution < 1.29 is 14.3 Å². The Morgan fingerprint density at radius 3 is 2.70 bits per heavy atom. The minimum Gasteiger partial charge on any atom is -0.495 e. The average molecular weight is 444 g/mol. The van der Waals surface area contributed by atoms with Crippen LogP contribution in [-0.2, 0) is 4.79 Å². The molecule has 30 heavy (non-hydrogen) atoms. The summed E-state index contributed by atoms with van der Waals surface area (Å²) >= 11 is 7.57. The van der Waals surface area contributed by atoms with Gasteiger partial charge in [0, 0.05) is 10.6 Å². The van der Waals surface area contributed by atoms with Crippen LogP contribution in [-0.4, -0.2) is 39.4 Å². The summed E-state index contributed by atoms with van der Waals surface area (Å²) in [6.45, 7) is 3.64. The number of benzene rings is 2. The first kappa shape index (κ1) is 20.1. The quantitative estimate of drug-likeness (QED) is 0.481. The zero-order valence-corrected chi connectivity index (χ0v) is 18.0. The standard InChI is InChI=1S/C20H18ClN5O3S/c1-11-6-14(7-12(2)18(11)21)29-9-17(27)23-15-8-13(4-5-16(15)28-3)19-25-26-10-22-24-20(26)30-19/h4-8,10H,9H2,1-3H3,(H,23,27). The third-order valence-corrected chi connectivity index (χ3v) is 5.95. The number of nitrogens with zero attached hydrogens (tertiary/aromatic N) is 4. The van der Waals surface area contributed by atoms with Crippen molar-refractivity contribution in [2.75, 3.05) is 19.0 Å². The van der Waals surface area contributed by atoms with Gasteiger partial charge < -0.3 is 14.8 Å². The van der Waals surface area contributed by atoms with Crippen LogP contribution >= 0.6 is 22.9 Å². The maximum Gasteiger partial charge on any atom is 0.262 e. The first-order chi connectivity index (χ1) is 14.4. The number of hydrogen-bond acceptors (Lipinski definition) is 7. The van der Waals surface area contributed by atoms with Crippen LogP contribution in [0.1, 0.15) is 11.1 Å². The molecule has 0 unspecified atom stereocenters. The zero-order chi connectivity index (χ0) is 21.3. The molecule has 0 bridgehead atoms. The number of carbonyl (C=O) groups excluding carboxylic acids is 1. The van der Waals surface area contributed by atoms with Gasteiger partial charge in [-0.15, -0.1) is 10.2 Å². The minimum atomic E-state index is -0.311. The van der Waals surface area contributed by atoms with Crippen LogP contribution in [0.2, 0.25) is 5.02 Å². The Kier molecular flexibility index (Phi) is 5.56. The first-order valence-electron chi connectivity index (χ1n) is 8.99. The Balaban J connectivity index is 1.50. The highest BCUT2D eigenvalue weighted by Gasteiger charge is 2.14. The second-order valence-corrected chi connectivity index (χ2v) is 7.92. The molecule has 0 saturated carbocycles. The molecule has 1 amide bonds. The molecule has 0 aliphatic carbocycles. The van der Waals surface area contributed by atoms with Gasteiger partial charge in [0.1, 0.15) is 22.8 Å². The van der Waals surface area contributed by atoms with Crippen molar-refractivity contribution in [3.05, 3.63) is 52.8 Å². The van der Waals surface area contributed by atoms with Crippen molar-refractivity contribution in [1.82, 2.24) is 19.8 Å². The van der Waals surface area contributed by atoms with Crippen molar-refractivity contribution in [3.8, 4) is 22.1 Å². The maximum absolute atomic E-state index is 12.5. The van der Waals surface area contributed by atoms with Crippen LogP contribution in [0.4, 0.5) is 5.69 Å². The molecule has 0 aliphatic rings. The Morgan fingerprint density at radius 1 is 1.23 bits per heavy atom. The molecule has 0 aliphatic heterocycles. The molecular formula is C20H18ClN5O3S. The second-order valence-electron chi connectivity index (χ2n) is 6.59. The fourth-order valence-electron chi connectivity index (χ4n) is 2.94. The molecule has 8 nitrogen and oxygen atoms in total. The predicted octanol–water partition coefficient (Wildman–Crippen LogP) is 4.15. The SMILES string of the molecule is COc1ccc(-c2nn3cnnc3s2)cc1NC(=O)COc1cc(C)c(Cl)c(C)c1. The lowest BCUT2D eigenvalue weighted by Gasteiger charge is -2.13. The number of aromatic nitrogens is 4. The monoisotopic (exact) mass is 443 g/mol. The smallest absolute Gasteiger partial charge is 0.262 e. The number of methoxy groups -OCH3 is 1. The van der Waals surface area contributed by atoms with Gasteiger partial charge in [0.15, 0.2) is 6.61 Å². The summed E-state index contributed by atoms with van der Waals surface area (Å²) in [6, 6.07) is 9.06. The molecule has 0 spiro atoms. The van der Waals surface area contributed by atoms with Gasteiger partial charge in [-0.05, 0) is 55.3 Å². The number of amides is 1. The minimum absolute atomic E-state index is 0.148. The zero-order valence-electron chi connectivity index (χ0n) is 16.5. The van der Waals surface area contributed by atoms with Gasteiger partial charge in [0.05, 0.1) is 12.8 Å². The largest absolute Gasteiger partial charge is 0.495 e. The van der Waals surface area contributed by atoms with Crippen molar-refractivity contribution in [2.45, 2.75) is 13.8 Å². The molecule has 2 heterocycles. The van der Waals surface area contributed by atoms with E-state index in [0.29, 0.717) is 27.2 Å². The van der Waals surface area contributed by atoms with Crippen molar-refractivity contribution >= 4 is 39.5 Å². The number of carbonyl (C=O) groups is 1. The third kappa shape index (κ3) is 4.07. The van der Waals surface area contributed by atoms with E-state index < -0.39 is 0 Å². The van der Waals surface area contributed by atoms with E-state index in [9.17, 15) is 4.79 Å². The van der Waals surface area contributed by atoms with E-state index in [0.717, 1.165) is 21.7 Å². The number of ether oxygens (including phenoxy) is 2. The molecule has 154 valence electrons. The number of fused-ring (bicyclic) bond motifs is 1. The van der Waals surface area contributed by atoms with Crippen molar-refractivity contribution in [3.63, 3.8) is 0 Å². The summed E-state index contributed by atoms with van der Waals surface area (Å²) in [7, 11) is 1.55. The second kappa shape index (κ2) is 8.29. The summed E-state index contributed by atoms with van der Waals surface area (Å²) in [5.74, 6) is 0.812. The van der Waals surface area contributed by atoms with E-state index in [2.05, 4.69) is 20.6 Å². The third-order valence-electron chi connectivity index (χ3n) is 4.39. The van der Waals surface area contributed by atoms with E-state index in [4.69, 9.17) is 21.1 Å². The molecule has 0 saturated heterocycles. The summed E-state index contributed by atoms with van der Waals surface area (Å²) in [5.41, 5.74) is 3.14. The summed E-state index contributed by atoms with van der Waals surface area (Å²) in [4.78, 5) is 13.2. The summed E-state index contributed by atoms with van der Waals surface area (Å²) < 4.78 is 12.6. The predicted molar refractivity (Wildman–Crippen MR) is 116 cm³/mol. The average Bonchev–Trinajstić information content (AvgIpc) is 3.32. The fourth-order valence-corrected chi connectivity index (χ4v) is 3.86. The van der Waals surface area contributed by atoms with Gasteiger partial charge in [0.25, 0.3) is 5.91 Å². The molecule has 0 fully saturated rings. The fraction of sp³-hybridized carbons (Fsp3) is 0.200. The Bertz CT molecular complexity index is 1180. The maximum atomic E-state index is 12.5. The summed E-state index contributed by atoms with van der Waals surface area (Å²) in [5, 5.41) is 16.5. The highest BCUT2D eigenvalue weighted by atomic mass is 35.5. The van der Waals surface area contributed by atoms with Crippen molar-refractivity contribution in [1.29, 1.82) is 0 Å². The molecule has 0 radical (unpaired) electrons. The van der Waals surface area contributed by atoms with Gasteiger partial charge in [0.2, 0.25) is 4.96 Å². The highest BCUT2D eigenvalue weighted by molar-refractivity contribution is 7.19. The first-order valence-corrected chi connectivity index (χ1v) is 10.2. The molecule has 0 atom stereocenters. The van der Waals surface area contributed by atoms with Gasteiger partial charge in [-0.25, -0.2) is 0 Å². The van der Waals surface area contributed by atoms with Gasteiger partial charge in [-0.2, -0.15) is 9.61 Å². The lowest BCUT2D eigenvalue weighted by molar-refractivity contribution is -0.118. The van der Waals surface area contributed by atoms with Gasteiger partial charge in [-0.1, -0.05) is 22.9 Å². The highest BCUT2D eigenvalue weighted by Crippen LogP contribution is 2.32. The van der Waals surface area contributed by atoms with E-state index in [1.165, 1.54) is 11.3 Å². The van der Waals surface area contributed by atoms with Crippen LogP contribution < -0.4 is 14.8 Å². The Morgan fingerprint density at radius 2 is 2.00 bits per heavy atom. The summed E-state index contributed by atoms with van der Waals surface area (Å²) in [6.07, 6.45) is 1.54. The van der Waals surface area contributed by atoms with Crippen LogP contribution in [0, 0.1) is 13.8 Å². The number of halogens is 1. The number of aryl methyl sites for hydroxylation is 2. The lowest BCUT2D eigenvalue weighted by Crippen LogP contribution is -2.20. The number of anilines is 1. The molecule has 2 aromatic heterocycles. The van der Waals surface area contributed by atoms with Crippen LogP contribution in [0.25, 0.3) is 15.5 Å². The number of rotatable bonds is 6. The number of nitrogens with one attached hydrogen (secondary N) is 1. The Hall–Kier alpha value is -3.17. The normalized spacial score (nSPS) is 10.9. The van der Waals surface area contributed by atoms with E-state index in [-0.39, 0.29) is 12.5 Å². The Labute approximate surface area is 181 Å². The number of hydrogen-bond donors (Lipinski definition) is 1. The van der Waals surface area contributed by atoms with E-state index >= 15 is 0 Å². The van der Waals surface area contributed by atoms with E-state index in [1.54, 1.807) is 42.2 Å².